The van der Waals surface area contributed by atoms with Gasteiger partial charge in [0.2, 0.25) is 0 Å². The zero-order valence-electron chi connectivity index (χ0n) is 16.3. The first-order valence-corrected chi connectivity index (χ1v) is 9.29. The van der Waals surface area contributed by atoms with Gasteiger partial charge < -0.3 is 0 Å². The Morgan fingerprint density at radius 2 is 1.40 bits per heavy atom. The molecule has 0 aromatic heterocycles. The Bertz CT molecular complexity index is 814. The van der Waals surface area contributed by atoms with E-state index in [-0.39, 0.29) is 10.8 Å². The van der Waals surface area contributed by atoms with Crippen LogP contribution in [0.5, 0.6) is 0 Å². The fourth-order valence-electron chi connectivity index (χ4n) is 3.90. The normalized spacial score (nSPS) is 18.5. The maximum absolute atomic E-state index is 3.82. The van der Waals surface area contributed by atoms with Crippen molar-refractivity contribution in [1.29, 1.82) is 0 Å². The molecule has 1 aliphatic rings. The van der Waals surface area contributed by atoms with Crippen molar-refractivity contribution in [1.82, 2.24) is 0 Å². The molecule has 0 amide bonds. The second kappa shape index (κ2) is 6.33. The molecule has 2 aromatic carbocycles. The summed E-state index contributed by atoms with van der Waals surface area (Å²) in [4.78, 5) is 0. The number of rotatable bonds is 3. The lowest BCUT2D eigenvalue weighted by molar-refractivity contribution is 0.332. The van der Waals surface area contributed by atoms with Crippen LogP contribution in [0.15, 0.2) is 49.0 Å². The zero-order valence-corrected chi connectivity index (χ0v) is 16.3. The molecule has 0 saturated heterocycles. The molecular formula is C25H30. The Labute approximate surface area is 153 Å². The minimum atomic E-state index is 0.257. The van der Waals surface area contributed by atoms with Gasteiger partial charge in [0.15, 0.2) is 0 Å². The average Bonchev–Trinajstić information content (AvgIpc) is 2.59. The van der Waals surface area contributed by atoms with Gasteiger partial charge in [-0.3, -0.25) is 0 Å². The lowest BCUT2D eigenvalue weighted by Gasteiger charge is -2.42. The molecule has 0 atom stereocenters. The molecule has 0 radical (unpaired) electrons. The molecule has 25 heavy (non-hydrogen) atoms. The summed E-state index contributed by atoms with van der Waals surface area (Å²) < 4.78 is 0. The number of fused-ring (bicyclic) bond motifs is 1. The minimum absolute atomic E-state index is 0.257. The van der Waals surface area contributed by atoms with Crippen LogP contribution in [0.1, 0.15) is 75.3 Å². The summed E-state index contributed by atoms with van der Waals surface area (Å²) in [6.45, 7) is 15.6. The van der Waals surface area contributed by atoms with Crippen molar-refractivity contribution in [2.24, 2.45) is 0 Å². The van der Waals surface area contributed by atoms with Crippen molar-refractivity contribution in [3.05, 3.63) is 76.9 Å². The highest BCUT2D eigenvalue weighted by molar-refractivity contribution is 5.81. The highest BCUT2D eigenvalue weighted by atomic mass is 14.4. The third-order valence-corrected chi connectivity index (χ3v) is 5.86. The van der Waals surface area contributed by atoms with Crippen molar-refractivity contribution in [2.75, 3.05) is 0 Å². The summed E-state index contributed by atoms with van der Waals surface area (Å²) in [7, 11) is 0. The van der Waals surface area contributed by atoms with Crippen molar-refractivity contribution in [3.8, 4) is 0 Å². The summed E-state index contributed by atoms with van der Waals surface area (Å²) in [5, 5.41) is 0. The van der Waals surface area contributed by atoms with Crippen LogP contribution in [0.3, 0.4) is 0 Å². The molecule has 1 aliphatic carbocycles. The van der Waals surface area contributed by atoms with Gasteiger partial charge in [0, 0.05) is 0 Å². The van der Waals surface area contributed by atoms with Crippen molar-refractivity contribution < 1.29 is 0 Å². The molecular weight excluding hydrogens is 300 g/mol. The van der Waals surface area contributed by atoms with Gasteiger partial charge in [0.25, 0.3) is 0 Å². The molecule has 3 rings (SSSR count). The first kappa shape index (κ1) is 17.7. The van der Waals surface area contributed by atoms with Crippen LogP contribution in [0.4, 0.5) is 0 Å². The van der Waals surface area contributed by atoms with Crippen LogP contribution < -0.4 is 0 Å². The van der Waals surface area contributed by atoms with E-state index < -0.39 is 0 Å². The van der Waals surface area contributed by atoms with E-state index in [0.29, 0.717) is 0 Å². The highest BCUT2D eigenvalue weighted by Crippen LogP contribution is 2.46. The molecule has 0 unspecified atom stereocenters. The Morgan fingerprint density at radius 1 is 0.840 bits per heavy atom. The van der Waals surface area contributed by atoms with E-state index >= 15 is 0 Å². The number of benzene rings is 2. The Hall–Kier alpha value is -2.08. The monoisotopic (exact) mass is 330 g/mol. The molecule has 2 aromatic rings. The molecule has 130 valence electrons. The SMILES string of the molecule is C=Cc1ccc(C=C(C)c2ccc3c(c2)C(C)(C)CCC3(C)C)cc1. The largest absolute Gasteiger partial charge is 0.0985 e. The second-order valence-electron chi connectivity index (χ2n) is 8.73. The standard InChI is InChI=1S/C25H30/c1-7-19-8-10-20(11-9-19)16-18(2)21-12-13-22-23(17-21)25(5,6)15-14-24(22,3)4/h7-13,16-17H,1,14-15H2,2-6H3. The maximum Gasteiger partial charge on any atom is -0.0100 e. The van der Waals surface area contributed by atoms with E-state index in [2.05, 4.69) is 89.7 Å². The number of hydrogen-bond acceptors (Lipinski definition) is 0. The Balaban J connectivity index is 2.00. The van der Waals surface area contributed by atoms with Gasteiger partial charge in [-0.25, -0.2) is 0 Å². The molecule has 0 bridgehead atoms. The molecule has 0 N–H and O–H groups in total. The van der Waals surface area contributed by atoms with Crippen LogP contribution in [0, 0.1) is 0 Å². The smallest absolute Gasteiger partial charge is 0.0100 e. The molecule has 0 fully saturated rings. The minimum Gasteiger partial charge on any atom is -0.0985 e. The predicted octanol–water partition coefficient (Wildman–Crippen LogP) is 7.24. The Kier molecular flexibility index (Phi) is 4.49. The maximum atomic E-state index is 3.82. The molecule has 0 heterocycles. The third-order valence-electron chi connectivity index (χ3n) is 5.86. The average molecular weight is 331 g/mol. The summed E-state index contributed by atoms with van der Waals surface area (Å²) in [5.41, 5.74) is 8.62. The van der Waals surface area contributed by atoms with Gasteiger partial charge in [-0.05, 0) is 64.0 Å². The highest BCUT2D eigenvalue weighted by Gasteiger charge is 2.36. The molecule has 0 spiro atoms. The molecule has 0 heteroatoms. The van der Waals surface area contributed by atoms with Gasteiger partial charge >= 0.3 is 0 Å². The fraction of sp³-hybridized carbons (Fsp3) is 0.360. The van der Waals surface area contributed by atoms with Crippen LogP contribution >= 0.6 is 0 Å². The van der Waals surface area contributed by atoms with Crippen LogP contribution in [-0.4, -0.2) is 0 Å². The van der Waals surface area contributed by atoms with Crippen LogP contribution in [-0.2, 0) is 10.8 Å². The van der Waals surface area contributed by atoms with Crippen LogP contribution in [0.2, 0.25) is 0 Å². The molecule has 0 nitrogen and oxygen atoms in total. The fourth-order valence-corrected chi connectivity index (χ4v) is 3.90. The second-order valence-corrected chi connectivity index (χ2v) is 8.73. The van der Waals surface area contributed by atoms with Gasteiger partial charge in [-0.2, -0.15) is 0 Å². The van der Waals surface area contributed by atoms with Gasteiger partial charge in [0.05, 0.1) is 0 Å². The van der Waals surface area contributed by atoms with E-state index in [4.69, 9.17) is 0 Å². The van der Waals surface area contributed by atoms with Gasteiger partial charge in [-0.15, -0.1) is 0 Å². The van der Waals surface area contributed by atoms with E-state index in [1.165, 1.54) is 40.7 Å². The van der Waals surface area contributed by atoms with Crippen molar-refractivity contribution in [2.45, 2.75) is 58.3 Å². The summed E-state index contributed by atoms with van der Waals surface area (Å²) >= 11 is 0. The predicted molar refractivity (Wildman–Crippen MR) is 112 cm³/mol. The third kappa shape index (κ3) is 3.49. The zero-order chi connectivity index (χ0) is 18.2. The first-order valence-electron chi connectivity index (χ1n) is 9.29. The summed E-state index contributed by atoms with van der Waals surface area (Å²) in [5.74, 6) is 0. The lowest BCUT2D eigenvalue weighted by Crippen LogP contribution is -2.33. The number of allylic oxidation sites excluding steroid dienone is 1. The Morgan fingerprint density at radius 3 is 2.00 bits per heavy atom. The van der Waals surface area contributed by atoms with E-state index in [1.54, 1.807) is 0 Å². The lowest BCUT2D eigenvalue weighted by atomic mass is 9.63. The molecule has 0 saturated carbocycles. The topological polar surface area (TPSA) is 0 Å². The van der Waals surface area contributed by atoms with E-state index in [9.17, 15) is 0 Å². The van der Waals surface area contributed by atoms with Gasteiger partial charge in [0.1, 0.15) is 0 Å². The summed E-state index contributed by atoms with van der Waals surface area (Å²) in [6.07, 6.45) is 6.67. The number of hydrogen-bond donors (Lipinski definition) is 0. The van der Waals surface area contributed by atoms with E-state index in [1.807, 2.05) is 6.08 Å². The van der Waals surface area contributed by atoms with Crippen molar-refractivity contribution >= 4 is 17.7 Å². The quantitative estimate of drug-likeness (QED) is 0.520. The van der Waals surface area contributed by atoms with Crippen LogP contribution in [0.25, 0.3) is 17.7 Å². The van der Waals surface area contributed by atoms with Crippen molar-refractivity contribution in [3.63, 3.8) is 0 Å². The first-order chi connectivity index (χ1) is 11.7. The van der Waals surface area contributed by atoms with E-state index in [0.717, 1.165) is 5.56 Å². The molecule has 0 aliphatic heterocycles. The summed E-state index contributed by atoms with van der Waals surface area (Å²) in [6, 6.07) is 15.6. The van der Waals surface area contributed by atoms with Gasteiger partial charge in [-0.1, -0.05) is 88.9 Å².